The topological polar surface area (TPSA) is 47.3 Å². The lowest BCUT2D eigenvalue weighted by molar-refractivity contribution is 0.112. The Labute approximate surface area is 127 Å². The molecule has 0 aromatic heterocycles. The normalized spacial score (nSPS) is 26.6. The van der Waals surface area contributed by atoms with Gasteiger partial charge in [0.1, 0.15) is 0 Å². The van der Waals surface area contributed by atoms with E-state index in [2.05, 4.69) is 39.2 Å². The van der Waals surface area contributed by atoms with Crippen LogP contribution in [0.2, 0.25) is 18.1 Å². The molecule has 0 radical (unpaired) electrons. The molecule has 0 aromatic carbocycles. The smallest absolute Gasteiger partial charge is 0.192 e. The van der Waals surface area contributed by atoms with Gasteiger partial charge in [0.05, 0.1) is 0 Å². The Kier molecular flexibility index (Phi) is 6.70. The Morgan fingerprint density at radius 2 is 1.75 bits per heavy atom. The predicted molar refractivity (Wildman–Crippen MR) is 90.5 cm³/mol. The maximum Gasteiger partial charge on any atom is 0.192 e. The molecule has 1 unspecified atom stereocenters. The average Bonchev–Trinajstić information content (AvgIpc) is 2.30. The number of hydrogen-bond acceptors (Lipinski definition) is 3. The quantitative estimate of drug-likeness (QED) is 0.738. The van der Waals surface area contributed by atoms with E-state index >= 15 is 0 Å². The second kappa shape index (κ2) is 7.39. The maximum atomic E-state index is 6.54. The van der Waals surface area contributed by atoms with Gasteiger partial charge in [-0.1, -0.05) is 20.8 Å². The lowest BCUT2D eigenvalue weighted by Crippen LogP contribution is -2.45. The first-order valence-electron chi connectivity index (χ1n) is 8.23. The summed E-state index contributed by atoms with van der Waals surface area (Å²) in [6.07, 6.45) is 6.68. The van der Waals surface area contributed by atoms with Crippen LogP contribution < -0.4 is 11.1 Å². The highest BCUT2D eigenvalue weighted by Crippen LogP contribution is 2.40. The van der Waals surface area contributed by atoms with Crippen LogP contribution in [0, 0.1) is 5.92 Å². The molecule has 1 atom stereocenters. The minimum atomic E-state index is -1.59. The molecule has 0 saturated heterocycles. The van der Waals surface area contributed by atoms with Gasteiger partial charge in [-0.2, -0.15) is 0 Å². The minimum Gasteiger partial charge on any atom is -0.414 e. The van der Waals surface area contributed by atoms with E-state index in [1.807, 2.05) is 7.05 Å². The van der Waals surface area contributed by atoms with Gasteiger partial charge in [-0.15, -0.1) is 0 Å². The molecule has 4 heteroatoms. The molecule has 0 amide bonds. The summed E-state index contributed by atoms with van der Waals surface area (Å²) in [6.45, 7) is 12.6. The zero-order valence-electron chi connectivity index (χ0n) is 14.5. The van der Waals surface area contributed by atoms with Crippen LogP contribution >= 0.6 is 0 Å². The average molecular weight is 301 g/mol. The molecule has 3 nitrogen and oxygen atoms in total. The SMILES string of the molecule is CNCC(N)CC1CCC(O[Si](C)(C)C(C)(C)C)CC1. The van der Waals surface area contributed by atoms with Gasteiger partial charge in [0.15, 0.2) is 8.32 Å². The van der Waals surface area contributed by atoms with Gasteiger partial charge in [-0.25, -0.2) is 0 Å². The van der Waals surface area contributed by atoms with Crippen LogP contribution in [0.5, 0.6) is 0 Å². The molecular weight excluding hydrogens is 264 g/mol. The van der Waals surface area contributed by atoms with Crippen LogP contribution in [0.25, 0.3) is 0 Å². The number of likely N-dealkylation sites (N-methyl/N-ethyl adjacent to an activating group) is 1. The number of nitrogens with one attached hydrogen (secondary N) is 1. The summed E-state index contributed by atoms with van der Waals surface area (Å²) in [5.41, 5.74) is 6.12. The van der Waals surface area contributed by atoms with Crippen molar-refractivity contribution in [2.24, 2.45) is 11.7 Å². The Morgan fingerprint density at radius 1 is 1.20 bits per heavy atom. The number of nitrogens with two attached hydrogens (primary N) is 1. The second-order valence-corrected chi connectivity index (χ2v) is 12.8. The van der Waals surface area contributed by atoms with Gasteiger partial charge in [0, 0.05) is 18.7 Å². The van der Waals surface area contributed by atoms with Gasteiger partial charge >= 0.3 is 0 Å². The Bertz CT molecular complexity index is 281. The van der Waals surface area contributed by atoms with Crippen molar-refractivity contribution in [2.75, 3.05) is 13.6 Å². The second-order valence-electron chi connectivity index (χ2n) is 8.07. The highest BCUT2D eigenvalue weighted by molar-refractivity contribution is 6.74. The Morgan fingerprint density at radius 3 is 2.20 bits per heavy atom. The molecule has 0 heterocycles. The summed E-state index contributed by atoms with van der Waals surface area (Å²) in [4.78, 5) is 0. The van der Waals surface area contributed by atoms with Crippen LogP contribution in [-0.2, 0) is 4.43 Å². The molecule has 1 saturated carbocycles. The van der Waals surface area contributed by atoms with Crippen LogP contribution in [0.4, 0.5) is 0 Å². The molecular formula is C16H36N2OSi. The highest BCUT2D eigenvalue weighted by Gasteiger charge is 2.39. The summed E-state index contributed by atoms with van der Waals surface area (Å²) < 4.78 is 6.54. The molecule has 0 bridgehead atoms. The molecule has 3 N–H and O–H groups in total. The van der Waals surface area contributed by atoms with Crippen molar-refractivity contribution in [3.8, 4) is 0 Å². The lowest BCUT2D eigenvalue weighted by Gasteiger charge is -2.41. The van der Waals surface area contributed by atoms with Crippen LogP contribution in [0.1, 0.15) is 52.9 Å². The lowest BCUT2D eigenvalue weighted by atomic mass is 9.83. The third-order valence-electron chi connectivity index (χ3n) is 5.16. The summed E-state index contributed by atoms with van der Waals surface area (Å²) >= 11 is 0. The molecule has 1 rings (SSSR count). The van der Waals surface area contributed by atoms with Gasteiger partial charge in [0.25, 0.3) is 0 Å². The van der Waals surface area contributed by atoms with E-state index in [1.165, 1.54) is 25.7 Å². The number of rotatable bonds is 6. The minimum absolute atomic E-state index is 0.308. The van der Waals surface area contributed by atoms with Crippen molar-refractivity contribution in [3.05, 3.63) is 0 Å². The Hall–Kier alpha value is 0.0969. The van der Waals surface area contributed by atoms with Crippen molar-refractivity contribution in [3.63, 3.8) is 0 Å². The van der Waals surface area contributed by atoms with Crippen LogP contribution in [0.3, 0.4) is 0 Å². The highest BCUT2D eigenvalue weighted by atomic mass is 28.4. The monoisotopic (exact) mass is 300 g/mol. The van der Waals surface area contributed by atoms with Gasteiger partial charge in [-0.3, -0.25) is 0 Å². The molecule has 1 aliphatic carbocycles. The third-order valence-corrected chi connectivity index (χ3v) is 9.70. The first-order chi connectivity index (χ1) is 9.15. The summed E-state index contributed by atoms with van der Waals surface area (Å²) in [6, 6.07) is 0.308. The predicted octanol–water partition coefficient (Wildman–Crippen LogP) is 3.50. The zero-order chi connectivity index (χ0) is 15.4. The van der Waals surface area contributed by atoms with Gasteiger partial charge in [-0.05, 0) is 63.2 Å². The van der Waals surface area contributed by atoms with Crippen molar-refractivity contribution >= 4 is 8.32 Å². The fraction of sp³-hybridized carbons (Fsp3) is 1.00. The van der Waals surface area contributed by atoms with E-state index in [4.69, 9.17) is 10.2 Å². The van der Waals surface area contributed by atoms with Gasteiger partial charge in [0.2, 0.25) is 0 Å². The molecule has 120 valence electrons. The maximum absolute atomic E-state index is 6.54. The van der Waals surface area contributed by atoms with E-state index in [1.54, 1.807) is 0 Å². The fourth-order valence-electron chi connectivity index (χ4n) is 2.85. The van der Waals surface area contributed by atoms with E-state index in [0.29, 0.717) is 17.2 Å². The summed E-state index contributed by atoms with van der Waals surface area (Å²) in [5, 5.41) is 3.49. The molecule has 1 aliphatic rings. The summed E-state index contributed by atoms with van der Waals surface area (Å²) in [7, 11) is 0.382. The van der Waals surface area contributed by atoms with E-state index in [-0.39, 0.29) is 0 Å². The van der Waals surface area contributed by atoms with E-state index in [9.17, 15) is 0 Å². The molecule has 0 spiro atoms. The molecule has 0 aliphatic heterocycles. The van der Waals surface area contributed by atoms with Crippen LogP contribution in [0.15, 0.2) is 0 Å². The van der Waals surface area contributed by atoms with Crippen LogP contribution in [-0.4, -0.2) is 34.1 Å². The zero-order valence-corrected chi connectivity index (χ0v) is 15.5. The standard InChI is InChI=1S/C16H36N2OSi/c1-16(2,3)20(5,6)19-15-9-7-13(8-10-15)11-14(17)12-18-4/h13-15,18H,7-12,17H2,1-6H3. The summed E-state index contributed by atoms with van der Waals surface area (Å²) in [5.74, 6) is 0.803. The van der Waals surface area contributed by atoms with Crippen molar-refractivity contribution in [1.82, 2.24) is 5.32 Å². The molecule has 20 heavy (non-hydrogen) atoms. The third kappa shape index (κ3) is 5.47. The van der Waals surface area contributed by atoms with E-state index < -0.39 is 8.32 Å². The van der Waals surface area contributed by atoms with E-state index in [0.717, 1.165) is 18.9 Å². The molecule has 1 fully saturated rings. The van der Waals surface area contributed by atoms with Gasteiger partial charge < -0.3 is 15.5 Å². The first kappa shape index (κ1) is 18.1. The van der Waals surface area contributed by atoms with Crippen molar-refractivity contribution in [1.29, 1.82) is 0 Å². The fourth-order valence-corrected chi connectivity index (χ4v) is 4.28. The van der Waals surface area contributed by atoms with Crippen molar-refractivity contribution in [2.45, 2.75) is 83.2 Å². The largest absolute Gasteiger partial charge is 0.414 e. The Balaban J connectivity index is 2.36. The van der Waals surface area contributed by atoms with Crippen molar-refractivity contribution < 1.29 is 4.43 Å². The molecule has 0 aromatic rings. The first-order valence-corrected chi connectivity index (χ1v) is 11.1. The number of hydrogen-bond donors (Lipinski definition) is 2.